The predicted molar refractivity (Wildman–Crippen MR) is 122 cm³/mol. The number of rotatable bonds is 4. The van der Waals surface area contributed by atoms with Gasteiger partial charge in [0.25, 0.3) is 11.5 Å². The number of likely N-dealkylation sites (tertiary alicyclic amines) is 1. The van der Waals surface area contributed by atoms with E-state index in [9.17, 15) is 32.3 Å². The Morgan fingerprint density at radius 2 is 1.73 bits per heavy atom. The molecule has 0 bridgehead atoms. The summed E-state index contributed by atoms with van der Waals surface area (Å²) in [5.41, 5.74) is -1.98. The van der Waals surface area contributed by atoms with Crippen LogP contribution in [0.2, 0.25) is 0 Å². The molecule has 1 aliphatic heterocycles. The second-order valence-electron chi connectivity index (χ2n) is 8.89. The van der Waals surface area contributed by atoms with Crippen LogP contribution in [0.25, 0.3) is 16.7 Å². The first-order valence-electron chi connectivity index (χ1n) is 11.3. The molecule has 0 radical (unpaired) electrons. The minimum atomic E-state index is -4.60. The van der Waals surface area contributed by atoms with Gasteiger partial charge in [0.2, 0.25) is 0 Å². The fourth-order valence-electron chi connectivity index (χ4n) is 4.30. The lowest BCUT2D eigenvalue weighted by molar-refractivity contribution is -0.141. The molecule has 192 valence electrons. The van der Waals surface area contributed by atoms with E-state index in [2.05, 4.69) is 15.1 Å². The second-order valence-corrected chi connectivity index (χ2v) is 8.89. The topological polar surface area (TPSA) is 106 Å². The van der Waals surface area contributed by atoms with Crippen LogP contribution in [-0.4, -0.2) is 58.9 Å². The average molecular weight is 516 g/mol. The molecule has 4 aromatic rings. The largest absolute Gasteiger partial charge is 0.433 e. The highest BCUT2D eigenvalue weighted by atomic mass is 19.4. The lowest BCUT2D eigenvalue weighted by atomic mass is 9.91. The summed E-state index contributed by atoms with van der Waals surface area (Å²) in [6.07, 6.45) is -0.765. The van der Waals surface area contributed by atoms with Crippen LogP contribution >= 0.6 is 0 Å². The predicted octanol–water partition coefficient (Wildman–Crippen LogP) is 2.80. The Labute approximate surface area is 206 Å². The van der Waals surface area contributed by atoms with E-state index in [1.54, 1.807) is 0 Å². The number of benzene rings is 1. The van der Waals surface area contributed by atoms with Crippen molar-refractivity contribution in [3.05, 3.63) is 82.5 Å². The summed E-state index contributed by atoms with van der Waals surface area (Å²) < 4.78 is 54.1. The number of nitrogens with zero attached hydrogens (tertiary/aromatic N) is 6. The highest BCUT2D eigenvalue weighted by molar-refractivity contribution is 5.94. The Kier molecular flexibility index (Phi) is 6.02. The van der Waals surface area contributed by atoms with Crippen LogP contribution in [-0.2, 0) is 12.7 Å². The first kappa shape index (κ1) is 24.6. The van der Waals surface area contributed by atoms with Gasteiger partial charge < -0.3 is 10.0 Å². The van der Waals surface area contributed by atoms with Gasteiger partial charge in [-0.2, -0.15) is 18.3 Å². The summed E-state index contributed by atoms with van der Waals surface area (Å²) >= 11 is 0. The van der Waals surface area contributed by atoms with Gasteiger partial charge in [-0.3, -0.25) is 19.1 Å². The van der Waals surface area contributed by atoms with E-state index < -0.39 is 34.8 Å². The lowest BCUT2D eigenvalue weighted by Crippen LogP contribution is -2.49. The van der Waals surface area contributed by atoms with Crippen molar-refractivity contribution < 1.29 is 27.5 Å². The minimum Gasteiger partial charge on any atom is -0.388 e. The van der Waals surface area contributed by atoms with Crippen molar-refractivity contribution in [2.24, 2.45) is 0 Å². The highest BCUT2D eigenvalue weighted by Gasteiger charge is 2.36. The Morgan fingerprint density at radius 1 is 1.03 bits per heavy atom. The molecule has 5 rings (SSSR count). The van der Waals surface area contributed by atoms with Crippen molar-refractivity contribution in [3.8, 4) is 5.69 Å². The van der Waals surface area contributed by atoms with Crippen LogP contribution in [0.4, 0.5) is 17.6 Å². The number of halogens is 4. The number of carbonyl (C=O) groups is 1. The smallest absolute Gasteiger partial charge is 0.388 e. The van der Waals surface area contributed by atoms with Crippen molar-refractivity contribution in [3.63, 3.8) is 0 Å². The molecule has 0 aliphatic carbocycles. The molecule has 1 aromatic carbocycles. The van der Waals surface area contributed by atoms with Crippen molar-refractivity contribution in [2.75, 3.05) is 13.1 Å². The van der Waals surface area contributed by atoms with Crippen molar-refractivity contribution in [1.29, 1.82) is 0 Å². The third-order valence-corrected chi connectivity index (χ3v) is 6.37. The van der Waals surface area contributed by atoms with E-state index in [1.807, 2.05) is 0 Å². The molecule has 13 heteroatoms. The quantitative estimate of drug-likeness (QED) is 0.418. The number of amides is 1. The zero-order valence-corrected chi connectivity index (χ0v) is 19.2. The SMILES string of the molecule is O=C(c1ccc(C(F)(F)F)nc1)N1CCC(O)(Cn2cnc3c(cnn3-c3ccc(F)cc3)c2=O)CC1. The molecule has 1 N–H and O–H groups in total. The number of fused-ring (bicyclic) bond motifs is 1. The van der Waals surface area contributed by atoms with Gasteiger partial charge in [-0.15, -0.1) is 0 Å². The molecule has 1 aliphatic rings. The monoisotopic (exact) mass is 516 g/mol. The Hall–Kier alpha value is -4.13. The molecular formula is C24H20F4N6O3. The number of piperidine rings is 1. The molecule has 0 saturated carbocycles. The third-order valence-electron chi connectivity index (χ3n) is 6.37. The summed E-state index contributed by atoms with van der Waals surface area (Å²) in [4.78, 5) is 34.8. The van der Waals surface area contributed by atoms with E-state index in [0.29, 0.717) is 5.69 Å². The number of hydrogen-bond acceptors (Lipinski definition) is 6. The molecule has 0 unspecified atom stereocenters. The van der Waals surface area contributed by atoms with Gasteiger partial charge in [0.15, 0.2) is 5.65 Å². The zero-order chi connectivity index (χ0) is 26.4. The van der Waals surface area contributed by atoms with Gasteiger partial charge >= 0.3 is 6.18 Å². The van der Waals surface area contributed by atoms with Crippen molar-refractivity contribution in [2.45, 2.75) is 31.2 Å². The van der Waals surface area contributed by atoms with Crippen LogP contribution in [0, 0.1) is 5.82 Å². The molecule has 4 heterocycles. The summed E-state index contributed by atoms with van der Waals surface area (Å²) in [6.45, 7) is 0.215. The molecule has 0 atom stereocenters. The first-order chi connectivity index (χ1) is 17.5. The highest BCUT2D eigenvalue weighted by Crippen LogP contribution is 2.28. The first-order valence-corrected chi connectivity index (χ1v) is 11.3. The van der Waals surface area contributed by atoms with E-state index >= 15 is 0 Å². The van der Waals surface area contributed by atoms with Crippen molar-refractivity contribution in [1.82, 2.24) is 29.2 Å². The van der Waals surface area contributed by atoms with Crippen LogP contribution < -0.4 is 5.56 Å². The second kappa shape index (κ2) is 9.07. The summed E-state index contributed by atoms with van der Waals surface area (Å²) in [5, 5.41) is 15.5. The molecule has 37 heavy (non-hydrogen) atoms. The minimum absolute atomic E-state index is 0.0162. The molecule has 9 nitrogen and oxygen atoms in total. The van der Waals surface area contributed by atoms with E-state index in [1.165, 1.54) is 50.9 Å². The fraction of sp³-hybridized carbons (Fsp3) is 0.292. The van der Waals surface area contributed by atoms with E-state index in [0.717, 1.165) is 18.3 Å². The van der Waals surface area contributed by atoms with Crippen LogP contribution in [0.5, 0.6) is 0 Å². The number of aliphatic hydroxyl groups is 1. The Balaban J connectivity index is 1.28. The lowest BCUT2D eigenvalue weighted by Gasteiger charge is -2.38. The van der Waals surface area contributed by atoms with E-state index in [4.69, 9.17) is 0 Å². The van der Waals surface area contributed by atoms with Gasteiger partial charge in [0, 0.05) is 19.3 Å². The molecule has 0 spiro atoms. The molecule has 1 fully saturated rings. The molecular weight excluding hydrogens is 496 g/mol. The molecule has 1 saturated heterocycles. The maximum Gasteiger partial charge on any atom is 0.433 e. The standard InChI is InChI=1S/C24H20F4N6O3/c25-16-2-4-17(5-3-16)34-20-18(12-31-34)22(36)33(14-30-20)13-23(37)7-9-32(10-8-23)21(35)15-1-6-19(29-11-15)24(26,27)28/h1-6,11-12,14,37H,7-10,13H2. The van der Waals surface area contributed by atoms with Crippen LogP contribution in [0.1, 0.15) is 28.9 Å². The number of alkyl halides is 3. The van der Waals surface area contributed by atoms with Crippen LogP contribution in [0.15, 0.2) is 59.9 Å². The number of carbonyl (C=O) groups excluding carboxylic acids is 1. The molecule has 3 aromatic heterocycles. The van der Waals surface area contributed by atoms with Gasteiger partial charge in [-0.1, -0.05) is 0 Å². The normalized spacial score (nSPS) is 15.8. The number of pyridine rings is 1. The number of aromatic nitrogens is 5. The third kappa shape index (κ3) is 4.81. The van der Waals surface area contributed by atoms with E-state index in [-0.39, 0.29) is 49.1 Å². The fourth-order valence-corrected chi connectivity index (χ4v) is 4.30. The number of hydrogen-bond donors (Lipinski definition) is 1. The Bertz CT molecular complexity index is 1510. The summed E-state index contributed by atoms with van der Waals surface area (Å²) in [5.74, 6) is -0.899. The van der Waals surface area contributed by atoms with Crippen LogP contribution in [0.3, 0.4) is 0 Å². The molecule has 1 amide bonds. The van der Waals surface area contributed by atoms with Gasteiger partial charge in [-0.05, 0) is 49.2 Å². The maximum absolute atomic E-state index is 13.2. The zero-order valence-electron chi connectivity index (χ0n) is 19.2. The van der Waals surface area contributed by atoms with Gasteiger partial charge in [-0.25, -0.2) is 14.1 Å². The maximum atomic E-state index is 13.2. The average Bonchev–Trinajstić information content (AvgIpc) is 3.31. The van der Waals surface area contributed by atoms with Crippen molar-refractivity contribution >= 4 is 16.9 Å². The van der Waals surface area contributed by atoms with Gasteiger partial charge in [0.05, 0.1) is 29.6 Å². The van der Waals surface area contributed by atoms with Gasteiger partial charge in [0.1, 0.15) is 23.2 Å². The summed E-state index contributed by atoms with van der Waals surface area (Å²) in [6, 6.07) is 7.38. The summed E-state index contributed by atoms with van der Waals surface area (Å²) in [7, 11) is 0. The Morgan fingerprint density at radius 3 is 2.35 bits per heavy atom.